The fraction of sp³-hybridized carbons (Fsp3) is 0.214. The Morgan fingerprint density at radius 3 is 2.83 bits per heavy atom. The van der Waals surface area contributed by atoms with Crippen LogP contribution in [0.5, 0.6) is 0 Å². The highest BCUT2D eigenvalue weighted by molar-refractivity contribution is 5.87. The number of carbonyl (C=O) groups excluding carboxylic acids is 1. The van der Waals surface area contributed by atoms with Crippen molar-refractivity contribution < 1.29 is 9.53 Å². The van der Waals surface area contributed by atoms with Crippen LogP contribution in [-0.4, -0.2) is 17.6 Å². The zero-order valence-electron chi connectivity index (χ0n) is 10.3. The monoisotopic (exact) mass is 244 g/mol. The van der Waals surface area contributed by atoms with Crippen LogP contribution in [0.15, 0.2) is 42.6 Å². The van der Waals surface area contributed by atoms with E-state index in [1.54, 1.807) is 13.0 Å². The Balaban J connectivity index is 1.93. The second-order valence-corrected chi connectivity index (χ2v) is 3.86. The Morgan fingerprint density at radius 2 is 2.11 bits per heavy atom. The van der Waals surface area contributed by atoms with Crippen LogP contribution in [0.25, 0.3) is 0 Å². The van der Waals surface area contributed by atoms with Gasteiger partial charge in [-0.3, -0.25) is 0 Å². The number of hydrogen-bond donors (Lipinski definition) is 2. The van der Waals surface area contributed by atoms with Gasteiger partial charge in [0.05, 0.1) is 6.61 Å². The SMILES string of the molecule is CCOC(=O)c1cc(CNc2ccccc2)c[nH]1. The van der Waals surface area contributed by atoms with Gasteiger partial charge in [0.15, 0.2) is 0 Å². The van der Waals surface area contributed by atoms with Crippen LogP contribution in [0.3, 0.4) is 0 Å². The van der Waals surface area contributed by atoms with Gasteiger partial charge in [0, 0.05) is 18.4 Å². The topological polar surface area (TPSA) is 54.1 Å². The van der Waals surface area contributed by atoms with Crippen LogP contribution in [0.4, 0.5) is 5.69 Å². The second-order valence-electron chi connectivity index (χ2n) is 3.86. The first kappa shape index (κ1) is 12.2. The molecule has 0 bridgehead atoms. The van der Waals surface area contributed by atoms with E-state index in [9.17, 15) is 4.79 Å². The molecular formula is C14H16N2O2. The molecule has 94 valence electrons. The van der Waals surface area contributed by atoms with Gasteiger partial charge >= 0.3 is 5.97 Å². The summed E-state index contributed by atoms with van der Waals surface area (Å²) in [6, 6.07) is 11.7. The molecule has 0 aliphatic heterocycles. The summed E-state index contributed by atoms with van der Waals surface area (Å²) >= 11 is 0. The third-order valence-electron chi connectivity index (χ3n) is 2.51. The van der Waals surface area contributed by atoms with Gasteiger partial charge in [0.1, 0.15) is 5.69 Å². The Morgan fingerprint density at radius 1 is 1.33 bits per heavy atom. The maximum atomic E-state index is 11.5. The standard InChI is InChI=1S/C14H16N2O2/c1-2-18-14(17)13-8-11(10-16-13)9-15-12-6-4-3-5-7-12/h3-8,10,15-16H,2,9H2,1H3. The van der Waals surface area contributed by atoms with Crippen LogP contribution in [0.2, 0.25) is 0 Å². The summed E-state index contributed by atoms with van der Waals surface area (Å²) in [7, 11) is 0. The lowest BCUT2D eigenvalue weighted by molar-refractivity contribution is 0.0520. The predicted octanol–water partition coefficient (Wildman–Crippen LogP) is 2.80. The Labute approximate surface area is 106 Å². The molecule has 0 fully saturated rings. The van der Waals surface area contributed by atoms with Gasteiger partial charge in [-0.2, -0.15) is 0 Å². The summed E-state index contributed by atoms with van der Waals surface area (Å²) in [5.74, 6) is -0.316. The molecule has 0 spiro atoms. The van der Waals surface area contributed by atoms with E-state index in [1.165, 1.54) is 0 Å². The van der Waals surface area contributed by atoms with Gasteiger partial charge in [-0.1, -0.05) is 18.2 Å². The minimum Gasteiger partial charge on any atom is -0.461 e. The summed E-state index contributed by atoms with van der Waals surface area (Å²) in [6.07, 6.45) is 1.81. The van der Waals surface area contributed by atoms with Crippen molar-refractivity contribution in [2.24, 2.45) is 0 Å². The van der Waals surface area contributed by atoms with Crippen LogP contribution < -0.4 is 5.32 Å². The number of para-hydroxylation sites is 1. The zero-order valence-corrected chi connectivity index (χ0v) is 10.3. The van der Waals surface area contributed by atoms with Crippen molar-refractivity contribution in [2.45, 2.75) is 13.5 Å². The van der Waals surface area contributed by atoms with Gasteiger partial charge in [0.2, 0.25) is 0 Å². The van der Waals surface area contributed by atoms with E-state index in [0.717, 1.165) is 11.3 Å². The van der Waals surface area contributed by atoms with Crippen LogP contribution in [-0.2, 0) is 11.3 Å². The Hall–Kier alpha value is -2.23. The lowest BCUT2D eigenvalue weighted by atomic mass is 10.2. The average molecular weight is 244 g/mol. The molecule has 4 heteroatoms. The molecule has 4 nitrogen and oxygen atoms in total. The average Bonchev–Trinajstić information content (AvgIpc) is 2.87. The summed E-state index contributed by atoms with van der Waals surface area (Å²) < 4.78 is 4.91. The Kier molecular flexibility index (Phi) is 4.02. The van der Waals surface area contributed by atoms with Gasteiger partial charge in [-0.05, 0) is 30.7 Å². The number of aromatic nitrogens is 1. The maximum absolute atomic E-state index is 11.5. The molecule has 0 radical (unpaired) electrons. The van der Waals surface area contributed by atoms with E-state index in [0.29, 0.717) is 18.8 Å². The molecule has 0 aliphatic rings. The Bertz CT molecular complexity index is 506. The third kappa shape index (κ3) is 3.13. The van der Waals surface area contributed by atoms with Crippen molar-refractivity contribution in [3.63, 3.8) is 0 Å². The lowest BCUT2D eigenvalue weighted by Gasteiger charge is -2.03. The number of aromatic amines is 1. The predicted molar refractivity (Wildman–Crippen MR) is 70.5 cm³/mol. The van der Waals surface area contributed by atoms with E-state index in [-0.39, 0.29) is 5.97 Å². The van der Waals surface area contributed by atoms with Gasteiger partial charge in [-0.15, -0.1) is 0 Å². The van der Waals surface area contributed by atoms with E-state index in [2.05, 4.69) is 10.3 Å². The maximum Gasteiger partial charge on any atom is 0.354 e. The number of hydrogen-bond acceptors (Lipinski definition) is 3. The molecule has 2 rings (SSSR count). The molecule has 18 heavy (non-hydrogen) atoms. The molecule has 2 aromatic rings. The molecule has 0 saturated carbocycles. The normalized spacial score (nSPS) is 10.1. The van der Waals surface area contributed by atoms with Crippen molar-refractivity contribution in [1.82, 2.24) is 4.98 Å². The summed E-state index contributed by atoms with van der Waals surface area (Å²) in [5, 5.41) is 3.27. The lowest BCUT2D eigenvalue weighted by Crippen LogP contribution is -2.04. The number of rotatable bonds is 5. The minimum atomic E-state index is -0.316. The van der Waals surface area contributed by atoms with Crippen molar-refractivity contribution in [2.75, 3.05) is 11.9 Å². The van der Waals surface area contributed by atoms with E-state index >= 15 is 0 Å². The molecule has 1 aromatic heterocycles. The molecule has 1 heterocycles. The summed E-state index contributed by atoms with van der Waals surface area (Å²) in [4.78, 5) is 14.4. The van der Waals surface area contributed by atoms with Crippen molar-refractivity contribution in [3.05, 3.63) is 53.9 Å². The highest BCUT2D eigenvalue weighted by Gasteiger charge is 2.08. The number of benzene rings is 1. The molecule has 0 amide bonds. The van der Waals surface area contributed by atoms with Crippen molar-refractivity contribution >= 4 is 11.7 Å². The summed E-state index contributed by atoms with van der Waals surface area (Å²) in [6.45, 7) is 2.84. The van der Waals surface area contributed by atoms with E-state index < -0.39 is 0 Å². The van der Waals surface area contributed by atoms with Crippen molar-refractivity contribution in [3.8, 4) is 0 Å². The number of esters is 1. The smallest absolute Gasteiger partial charge is 0.354 e. The van der Waals surface area contributed by atoms with Gasteiger partial charge < -0.3 is 15.0 Å². The number of ether oxygens (including phenoxy) is 1. The second kappa shape index (κ2) is 5.91. The quantitative estimate of drug-likeness (QED) is 0.795. The van der Waals surface area contributed by atoms with Gasteiger partial charge in [-0.25, -0.2) is 4.79 Å². The van der Waals surface area contributed by atoms with Crippen LogP contribution in [0, 0.1) is 0 Å². The fourth-order valence-corrected chi connectivity index (χ4v) is 1.63. The first-order chi connectivity index (χ1) is 8.79. The third-order valence-corrected chi connectivity index (χ3v) is 2.51. The van der Waals surface area contributed by atoms with Crippen LogP contribution >= 0.6 is 0 Å². The highest BCUT2D eigenvalue weighted by atomic mass is 16.5. The zero-order chi connectivity index (χ0) is 12.8. The number of nitrogens with one attached hydrogen (secondary N) is 2. The minimum absolute atomic E-state index is 0.316. The van der Waals surface area contributed by atoms with Crippen LogP contribution in [0.1, 0.15) is 23.0 Å². The largest absolute Gasteiger partial charge is 0.461 e. The molecular weight excluding hydrogens is 228 g/mol. The first-order valence-electron chi connectivity index (χ1n) is 5.93. The molecule has 0 unspecified atom stereocenters. The summed E-state index contributed by atoms with van der Waals surface area (Å²) in [5.41, 5.74) is 2.56. The molecule has 1 aromatic carbocycles. The number of H-pyrrole nitrogens is 1. The van der Waals surface area contributed by atoms with E-state index in [4.69, 9.17) is 4.74 Å². The first-order valence-corrected chi connectivity index (χ1v) is 5.93. The fourth-order valence-electron chi connectivity index (χ4n) is 1.63. The molecule has 0 atom stereocenters. The molecule has 2 N–H and O–H groups in total. The molecule has 0 saturated heterocycles. The number of carbonyl (C=O) groups is 1. The number of anilines is 1. The highest BCUT2D eigenvalue weighted by Crippen LogP contribution is 2.10. The van der Waals surface area contributed by atoms with Crippen molar-refractivity contribution in [1.29, 1.82) is 0 Å². The van der Waals surface area contributed by atoms with Gasteiger partial charge in [0.25, 0.3) is 0 Å². The van der Waals surface area contributed by atoms with E-state index in [1.807, 2.05) is 36.5 Å². The molecule has 0 aliphatic carbocycles.